The number of hydrogen-bond donors (Lipinski definition) is 0. The lowest BCUT2D eigenvalue weighted by Gasteiger charge is -2.21. The molecule has 0 bridgehead atoms. The fourth-order valence-electron chi connectivity index (χ4n) is 5.03. The fraction of sp³-hybridized carbons (Fsp3) is 0.310. The van der Waals surface area contributed by atoms with Gasteiger partial charge in [0.25, 0.3) is 5.56 Å². The third kappa shape index (κ3) is 6.30. The summed E-state index contributed by atoms with van der Waals surface area (Å²) in [4.78, 5) is 16.0. The Morgan fingerprint density at radius 3 is 2.39 bits per heavy atom. The third-order valence-electron chi connectivity index (χ3n) is 6.93. The van der Waals surface area contributed by atoms with E-state index in [1.165, 1.54) is 5.56 Å². The van der Waals surface area contributed by atoms with E-state index in [1.807, 2.05) is 66.7 Å². The van der Waals surface area contributed by atoms with Gasteiger partial charge >= 0.3 is 0 Å². The fourth-order valence-corrected chi connectivity index (χ4v) is 5.37. The van der Waals surface area contributed by atoms with E-state index in [4.69, 9.17) is 28.3 Å². The van der Waals surface area contributed by atoms with Gasteiger partial charge in [-0.3, -0.25) is 4.79 Å². The Labute approximate surface area is 228 Å². The quantitative estimate of drug-likeness (QED) is 0.264. The molecular formula is C29H30Cl3N3O. The van der Waals surface area contributed by atoms with Crippen LogP contribution in [0.3, 0.4) is 0 Å². The van der Waals surface area contributed by atoms with E-state index in [0.717, 1.165) is 77.4 Å². The number of benzene rings is 3. The maximum Gasteiger partial charge on any atom is 0.274 e. The van der Waals surface area contributed by atoms with E-state index < -0.39 is 0 Å². The van der Waals surface area contributed by atoms with Gasteiger partial charge in [0.2, 0.25) is 0 Å². The van der Waals surface area contributed by atoms with Crippen LogP contribution in [-0.4, -0.2) is 34.3 Å². The molecule has 1 saturated heterocycles. The van der Waals surface area contributed by atoms with E-state index >= 15 is 0 Å². The monoisotopic (exact) mass is 541 g/mol. The SMILES string of the molecule is Cl.O=c1c2ccccc2c(Cc2ccc(Cl)cc2)nn1C1CCCN(CCc2cccc(Cl)c2)CC1. The van der Waals surface area contributed by atoms with E-state index in [0.29, 0.717) is 6.42 Å². The molecular weight excluding hydrogens is 513 g/mol. The van der Waals surface area contributed by atoms with Crippen LogP contribution < -0.4 is 5.56 Å². The van der Waals surface area contributed by atoms with Gasteiger partial charge in [0.15, 0.2) is 0 Å². The number of halogens is 3. The Bertz CT molecular complexity index is 1370. The summed E-state index contributed by atoms with van der Waals surface area (Å²) in [5, 5.41) is 8.13. The molecule has 4 aromatic rings. The second kappa shape index (κ2) is 12.2. The predicted molar refractivity (Wildman–Crippen MR) is 152 cm³/mol. The highest BCUT2D eigenvalue weighted by Gasteiger charge is 2.22. The van der Waals surface area contributed by atoms with Crippen molar-refractivity contribution >= 4 is 46.4 Å². The molecule has 0 spiro atoms. The Morgan fingerprint density at radius 2 is 1.61 bits per heavy atom. The molecule has 5 rings (SSSR count). The number of fused-ring (bicyclic) bond motifs is 1. The van der Waals surface area contributed by atoms with Gasteiger partial charge in [0.05, 0.1) is 17.1 Å². The number of nitrogens with zero attached hydrogens (tertiary/aromatic N) is 3. The number of rotatable bonds is 6. The minimum absolute atomic E-state index is 0. The number of aromatic nitrogens is 2. The number of hydrogen-bond acceptors (Lipinski definition) is 3. The standard InChI is InChI=1S/C29H29Cl2N3O.ClH/c30-23-12-10-22(11-13-23)20-28-26-8-1-2-9-27(26)29(35)34(32-28)25-7-4-16-33(18-15-25)17-14-21-5-3-6-24(31)19-21;/h1-3,5-6,8-13,19,25H,4,7,14-18,20H2;1H. The van der Waals surface area contributed by atoms with Gasteiger partial charge in [-0.05, 0) is 73.7 Å². The van der Waals surface area contributed by atoms with Crippen molar-refractivity contribution in [2.45, 2.75) is 38.1 Å². The van der Waals surface area contributed by atoms with Crippen LogP contribution in [0, 0.1) is 0 Å². The molecule has 0 amide bonds. The molecule has 1 atom stereocenters. The molecule has 1 aliphatic heterocycles. The van der Waals surface area contributed by atoms with Crippen LogP contribution in [0.15, 0.2) is 77.6 Å². The highest BCUT2D eigenvalue weighted by Crippen LogP contribution is 2.24. The van der Waals surface area contributed by atoms with Crippen molar-refractivity contribution in [2.24, 2.45) is 0 Å². The van der Waals surface area contributed by atoms with Crippen LogP contribution >= 0.6 is 35.6 Å². The van der Waals surface area contributed by atoms with Gasteiger partial charge in [-0.2, -0.15) is 5.10 Å². The molecule has 1 aromatic heterocycles. The molecule has 1 aliphatic rings. The van der Waals surface area contributed by atoms with E-state index in [9.17, 15) is 4.79 Å². The van der Waals surface area contributed by atoms with Crippen LogP contribution in [0.25, 0.3) is 10.8 Å². The molecule has 7 heteroatoms. The topological polar surface area (TPSA) is 38.1 Å². The minimum atomic E-state index is 0. The molecule has 0 radical (unpaired) electrons. The summed E-state index contributed by atoms with van der Waals surface area (Å²) < 4.78 is 1.77. The predicted octanol–water partition coefficient (Wildman–Crippen LogP) is 6.99. The summed E-state index contributed by atoms with van der Waals surface area (Å²) in [5.74, 6) is 0. The Morgan fingerprint density at radius 1 is 0.833 bits per heavy atom. The van der Waals surface area contributed by atoms with Crippen molar-refractivity contribution < 1.29 is 0 Å². The second-order valence-corrected chi connectivity index (χ2v) is 10.2. The summed E-state index contributed by atoms with van der Waals surface area (Å²) in [6, 6.07) is 23.9. The van der Waals surface area contributed by atoms with Gasteiger partial charge in [-0.15, -0.1) is 12.4 Å². The van der Waals surface area contributed by atoms with Crippen molar-refractivity contribution in [3.63, 3.8) is 0 Å². The lowest BCUT2D eigenvalue weighted by molar-refractivity contribution is 0.281. The molecule has 2 heterocycles. The molecule has 3 aromatic carbocycles. The van der Waals surface area contributed by atoms with Crippen molar-refractivity contribution in [1.82, 2.24) is 14.7 Å². The van der Waals surface area contributed by atoms with Crippen LogP contribution in [0.4, 0.5) is 0 Å². The zero-order valence-corrected chi connectivity index (χ0v) is 22.4. The molecule has 0 aliphatic carbocycles. The molecule has 188 valence electrons. The third-order valence-corrected chi connectivity index (χ3v) is 7.42. The van der Waals surface area contributed by atoms with Crippen LogP contribution in [0.5, 0.6) is 0 Å². The summed E-state index contributed by atoms with van der Waals surface area (Å²) in [6.45, 7) is 2.99. The summed E-state index contributed by atoms with van der Waals surface area (Å²) in [5.41, 5.74) is 3.34. The highest BCUT2D eigenvalue weighted by atomic mass is 35.5. The van der Waals surface area contributed by atoms with Crippen molar-refractivity contribution in [3.05, 3.63) is 110 Å². The maximum atomic E-state index is 13.5. The van der Waals surface area contributed by atoms with Crippen molar-refractivity contribution in [2.75, 3.05) is 19.6 Å². The van der Waals surface area contributed by atoms with Crippen LogP contribution in [-0.2, 0) is 12.8 Å². The van der Waals surface area contributed by atoms with Gasteiger partial charge < -0.3 is 4.90 Å². The molecule has 0 N–H and O–H groups in total. The molecule has 1 fully saturated rings. The summed E-state index contributed by atoms with van der Waals surface area (Å²) in [6.07, 6.45) is 4.56. The van der Waals surface area contributed by atoms with Gasteiger partial charge in [0, 0.05) is 34.9 Å². The molecule has 4 nitrogen and oxygen atoms in total. The first kappa shape index (κ1) is 26.7. The molecule has 1 unspecified atom stereocenters. The van der Waals surface area contributed by atoms with Gasteiger partial charge in [0.1, 0.15) is 0 Å². The minimum Gasteiger partial charge on any atom is -0.303 e. The average molecular weight is 543 g/mol. The smallest absolute Gasteiger partial charge is 0.274 e. The summed E-state index contributed by atoms with van der Waals surface area (Å²) in [7, 11) is 0. The average Bonchev–Trinajstić information content (AvgIpc) is 3.11. The first-order valence-electron chi connectivity index (χ1n) is 12.3. The van der Waals surface area contributed by atoms with Gasteiger partial charge in [-0.1, -0.05) is 65.7 Å². The van der Waals surface area contributed by atoms with Crippen LogP contribution in [0.2, 0.25) is 10.0 Å². The first-order chi connectivity index (χ1) is 17.1. The Balaban J connectivity index is 0.00000304. The zero-order chi connectivity index (χ0) is 24.2. The van der Waals surface area contributed by atoms with Gasteiger partial charge in [-0.25, -0.2) is 4.68 Å². The first-order valence-corrected chi connectivity index (χ1v) is 13.0. The van der Waals surface area contributed by atoms with Crippen molar-refractivity contribution in [1.29, 1.82) is 0 Å². The van der Waals surface area contributed by atoms with E-state index in [-0.39, 0.29) is 24.0 Å². The lowest BCUT2D eigenvalue weighted by Crippen LogP contribution is -2.30. The second-order valence-electron chi connectivity index (χ2n) is 9.35. The molecule has 0 saturated carbocycles. The summed E-state index contributed by atoms with van der Waals surface area (Å²) >= 11 is 12.2. The van der Waals surface area contributed by atoms with Crippen LogP contribution in [0.1, 0.15) is 42.1 Å². The lowest BCUT2D eigenvalue weighted by atomic mass is 10.0. The largest absolute Gasteiger partial charge is 0.303 e. The van der Waals surface area contributed by atoms with Crippen molar-refractivity contribution in [3.8, 4) is 0 Å². The highest BCUT2D eigenvalue weighted by molar-refractivity contribution is 6.30. The maximum absolute atomic E-state index is 13.5. The zero-order valence-electron chi connectivity index (χ0n) is 20.1. The number of likely N-dealkylation sites (tertiary alicyclic amines) is 1. The van der Waals surface area contributed by atoms with E-state index in [1.54, 1.807) is 4.68 Å². The Kier molecular flexibility index (Phi) is 9.08. The normalized spacial score (nSPS) is 16.4. The molecule has 36 heavy (non-hydrogen) atoms. The van der Waals surface area contributed by atoms with E-state index in [2.05, 4.69) is 11.0 Å². The Hall–Kier alpha value is -2.37.